The van der Waals surface area contributed by atoms with Gasteiger partial charge in [-0.3, -0.25) is 9.63 Å². The minimum Gasteiger partial charge on any atom is -0.382 e. The second-order valence-electron chi connectivity index (χ2n) is 2.16. The fourth-order valence-electron chi connectivity index (χ4n) is 0.535. The number of hydrogen-bond acceptors (Lipinski definition) is 3. The molecule has 0 aromatic heterocycles. The summed E-state index contributed by atoms with van der Waals surface area (Å²) in [5.41, 5.74) is 2.27. The first kappa shape index (κ1) is 11.7. The van der Waals surface area contributed by atoms with Crippen molar-refractivity contribution < 1.29 is 14.4 Å². The van der Waals surface area contributed by atoms with Crippen LogP contribution >= 0.6 is 11.6 Å². The zero-order valence-corrected chi connectivity index (χ0v) is 7.89. The number of nitrogens with one attached hydrogen (secondary N) is 1. The molecule has 0 heterocycles. The average molecular weight is 196 g/mol. The number of hydroxylamine groups is 1. The van der Waals surface area contributed by atoms with Crippen molar-refractivity contribution in [2.24, 2.45) is 0 Å². The van der Waals surface area contributed by atoms with E-state index in [9.17, 15) is 4.79 Å². The monoisotopic (exact) mass is 195 g/mol. The van der Waals surface area contributed by atoms with Gasteiger partial charge in [0.25, 0.3) is 0 Å². The Labute approximate surface area is 77.1 Å². The molecule has 0 aromatic carbocycles. The maximum absolute atomic E-state index is 10.8. The first-order valence-electron chi connectivity index (χ1n) is 3.76. The third-order valence-electron chi connectivity index (χ3n) is 1.11. The molecule has 1 N–H and O–H groups in total. The van der Waals surface area contributed by atoms with Crippen molar-refractivity contribution >= 4 is 17.5 Å². The molecule has 0 saturated carbocycles. The SMILES string of the molecule is COCCONC(=O)CCCCl. The van der Waals surface area contributed by atoms with Gasteiger partial charge in [-0.25, -0.2) is 5.48 Å². The van der Waals surface area contributed by atoms with Gasteiger partial charge in [-0.05, 0) is 6.42 Å². The van der Waals surface area contributed by atoms with Crippen LogP contribution in [0.5, 0.6) is 0 Å². The summed E-state index contributed by atoms with van der Waals surface area (Å²) in [6.45, 7) is 0.832. The van der Waals surface area contributed by atoms with E-state index in [4.69, 9.17) is 21.2 Å². The third kappa shape index (κ3) is 7.78. The molecule has 0 radical (unpaired) electrons. The van der Waals surface area contributed by atoms with Crippen molar-refractivity contribution in [1.82, 2.24) is 5.48 Å². The van der Waals surface area contributed by atoms with E-state index in [2.05, 4.69) is 5.48 Å². The second kappa shape index (κ2) is 8.77. The molecule has 0 aliphatic carbocycles. The zero-order valence-electron chi connectivity index (χ0n) is 7.14. The molecule has 0 aliphatic heterocycles. The predicted octanol–water partition coefficient (Wildman–Crippen LogP) is 0.700. The first-order chi connectivity index (χ1) is 5.81. The van der Waals surface area contributed by atoms with Gasteiger partial charge in [-0.15, -0.1) is 11.6 Å². The van der Waals surface area contributed by atoms with Gasteiger partial charge in [-0.2, -0.15) is 0 Å². The maximum atomic E-state index is 10.8. The fourth-order valence-corrected chi connectivity index (χ4v) is 0.669. The van der Waals surface area contributed by atoms with Gasteiger partial charge < -0.3 is 4.74 Å². The van der Waals surface area contributed by atoms with E-state index in [0.717, 1.165) is 0 Å². The standard InChI is InChI=1S/C7H14ClNO3/c1-11-5-6-12-9-7(10)3-2-4-8/h2-6H2,1H3,(H,9,10). The van der Waals surface area contributed by atoms with Crippen LogP contribution in [0.15, 0.2) is 0 Å². The van der Waals surface area contributed by atoms with E-state index in [-0.39, 0.29) is 5.91 Å². The topological polar surface area (TPSA) is 47.6 Å². The second-order valence-corrected chi connectivity index (χ2v) is 2.54. The molecule has 4 nitrogen and oxygen atoms in total. The van der Waals surface area contributed by atoms with Crippen molar-refractivity contribution in [1.29, 1.82) is 0 Å². The Morgan fingerprint density at radius 3 is 2.83 bits per heavy atom. The number of amides is 1. The summed E-state index contributed by atoms with van der Waals surface area (Å²) < 4.78 is 4.71. The molecule has 1 amide bonds. The van der Waals surface area contributed by atoms with Crippen molar-refractivity contribution in [2.45, 2.75) is 12.8 Å². The Morgan fingerprint density at radius 2 is 2.25 bits per heavy atom. The summed E-state index contributed by atoms with van der Waals surface area (Å²) in [5, 5.41) is 0. The smallest absolute Gasteiger partial charge is 0.243 e. The number of halogens is 1. The Morgan fingerprint density at radius 1 is 1.50 bits per heavy atom. The highest BCUT2D eigenvalue weighted by molar-refractivity contribution is 6.17. The Hall–Kier alpha value is -0.320. The Bertz CT molecular complexity index is 121. The number of rotatable bonds is 7. The molecule has 72 valence electrons. The minimum absolute atomic E-state index is 0.147. The molecule has 0 rings (SSSR count). The van der Waals surface area contributed by atoms with Gasteiger partial charge in [0.05, 0.1) is 13.2 Å². The minimum atomic E-state index is -0.147. The Kier molecular flexibility index (Phi) is 8.54. The summed E-state index contributed by atoms with van der Waals surface area (Å²) in [6, 6.07) is 0. The highest BCUT2D eigenvalue weighted by Gasteiger charge is 1.98. The van der Waals surface area contributed by atoms with Crippen LogP contribution in [-0.4, -0.2) is 32.1 Å². The highest BCUT2D eigenvalue weighted by atomic mass is 35.5. The number of alkyl halides is 1. The van der Waals surface area contributed by atoms with Crippen LogP contribution in [0.4, 0.5) is 0 Å². The molecule has 0 aromatic rings. The summed E-state index contributed by atoms with van der Waals surface area (Å²) in [6.07, 6.45) is 1.07. The van der Waals surface area contributed by atoms with E-state index in [1.54, 1.807) is 7.11 Å². The Balaban J connectivity index is 3.08. The number of methoxy groups -OCH3 is 1. The number of ether oxygens (including phenoxy) is 1. The van der Waals surface area contributed by atoms with Gasteiger partial charge >= 0.3 is 0 Å². The molecule has 0 aliphatic rings. The van der Waals surface area contributed by atoms with Crippen LogP contribution in [0.1, 0.15) is 12.8 Å². The number of hydrogen-bond donors (Lipinski definition) is 1. The average Bonchev–Trinajstić information content (AvgIpc) is 2.09. The van der Waals surface area contributed by atoms with Gasteiger partial charge in [0.15, 0.2) is 0 Å². The highest BCUT2D eigenvalue weighted by Crippen LogP contribution is 1.90. The van der Waals surface area contributed by atoms with Crippen LogP contribution < -0.4 is 5.48 Å². The summed E-state index contributed by atoms with van der Waals surface area (Å²) >= 11 is 5.39. The van der Waals surface area contributed by atoms with Gasteiger partial charge in [0.1, 0.15) is 0 Å². The normalized spacial score (nSPS) is 9.83. The van der Waals surface area contributed by atoms with Gasteiger partial charge in [-0.1, -0.05) is 0 Å². The lowest BCUT2D eigenvalue weighted by Gasteiger charge is -2.03. The molecule has 12 heavy (non-hydrogen) atoms. The first-order valence-corrected chi connectivity index (χ1v) is 4.30. The number of carbonyl (C=O) groups excluding carboxylic acids is 1. The summed E-state index contributed by atoms with van der Waals surface area (Å²) in [5.74, 6) is 0.345. The predicted molar refractivity (Wildman–Crippen MR) is 45.9 cm³/mol. The molecule has 0 unspecified atom stereocenters. The largest absolute Gasteiger partial charge is 0.382 e. The van der Waals surface area contributed by atoms with Crippen LogP contribution in [0.3, 0.4) is 0 Å². The molecular formula is C7H14ClNO3. The molecule has 0 fully saturated rings. The van der Waals surface area contributed by atoms with E-state index in [1.165, 1.54) is 0 Å². The van der Waals surface area contributed by atoms with E-state index in [0.29, 0.717) is 31.9 Å². The van der Waals surface area contributed by atoms with Crippen molar-refractivity contribution in [2.75, 3.05) is 26.2 Å². The lowest BCUT2D eigenvalue weighted by atomic mass is 10.3. The lowest BCUT2D eigenvalue weighted by molar-refractivity contribution is -0.134. The molecular weight excluding hydrogens is 182 g/mol. The summed E-state index contributed by atoms with van der Waals surface area (Å²) in [4.78, 5) is 15.6. The van der Waals surface area contributed by atoms with Crippen LogP contribution in [0.2, 0.25) is 0 Å². The van der Waals surface area contributed by atoms with Gasteiger partial charge in [0, 0.05) is 19.4 Å². The van der Waals surface area contributed by atoms with Crippen LogP contribution in [-0.2, 0) is 14.4 Å². The summed E-state index contributed by atoms with van der Waals surface area (Å²) in [7, 11) is 1.57. The lowest BCUT2D eigenvalue weighted by Crippen LogP contribution is -2.25. The molecule has 5 heteroatoms. The molecule has 0 bridgehead atoms. The van der Waals surface area contributed by atoms with Crippen molar-refractivity contribution in [3.8, 4) is 0 Å². The number of carbonyl (C=O) groups is 1. The zero-order chi connectivity index (χ0) is 9.23. The van der Waals surface area contributed by atoms with E-state index < -0.39 is 0 Å². The quantitative estimate of drug-likeness (QED) is 0.370. The van der Waals surface area contributed by atoms with Crippen molar-refractivity contribution in [3.63, 3.8) is 0 Å². The van der Waals surface area contributed by atoms with E-state index in [1.807, 2.05) is 0 Å². The van der Waals surface area contributed by atoms with Crippen LogP contribution in [0, 0.1) is 0 Å². The molecule has 0 spiro atoms. The fraction of sp³-hybridized carbons (Fsp3) is 0.857. The third-order valence-corrected chi connectivity index (χ3v) is 1.38. The van der Waals surface area contributed by atoms with Gasteiger partial charge in [0.2, 0.25) is 5.91 Å². The van der Waals surface area contributed by atoms with Crippen LogP contribution in [0.25, 0.3) is 0 Å². The molecule has 0 atom stereocenters. The van der Waals surface area contributed by atoms with Crippen molar-refractivity contribution in [3.05, 3.63) is 0 Å². The van der Waals surface area contributed by atoms with E-state index >= 15 is 0 Å². The molecule has 0 saturated heterocycles. The maximum Gasteiger partial charge on any atom is 0.243 e.